The highest BCUT2D eigenvalue weighted by Gasteiger charge is 2.30. The Balaban J connectivity index is 0.00000320. The van der Waals surface area contributed by atoms with E-state index in [-0.39, 0.29) is 24.0 Å². The number of nitrogens with one attached hydrogen (secondary N) is 1. The molecule has 1 saturated carbocycles. The molecular weight excluding hydrogens is 508 g/mol. The van der Waals surface area contributed by atoms with Gasteiger partial charge in [-0.3, -0.25) is 0 Å². The standard InChI is InChI=1S/C20H27F3N6.HI/c1-14-26-27-18(29(14)3)12-24-19(25-17-6-4-5-7-17)28(2)13-15-8-10-16(11-9-15)20(21,22)23;/h8-11,17H,4-7,12-13H2,1-3H3,(H,24,25);1H. The fourth-order valence-electron chi connectivity index (χ4n) is 3.41. The van der Waals surface area contributed by atoms with Crippen molar-refractivity contribution >= 4 is 29.9 Å². The number of aliphatic imine (C=N–C) groups is 1. The van der Waals surface area contributed by atoms with Gasteiger partial charge in [0, 0.05) is 26.7 Å². The Labute approximate surface area is 192 Å². The molecule has 0 radical (unpaired) electrons. The molecule has 0 amide bonds. The summed E-state index contributed by atoms with van der Waals surface area (Å²) in [6.07, 6.45) is 0.244. The Hall–Kier alpha value is -1.85. The van der Waals surface area contributed by atoms with Crippen molar-refractivity contribution in [3.63, 3.8) is 0 Å². The van der Waals surface area contributed by atoms with Crippen LogP contribution < -0.4 is 5.32 Å². The maximum absolute atomic E-state index is 12.8. The van der Waals surface area contributed by atoms with Crippen LogP contribution in [0.15, 0.2) is 29.3 Å². The lowest BCUT2D eigenvalue weighted by molar-refractivity contribution is -0.137. The fraction of sp³-hybridized carbons (Fsp3) is 0.550. The molecule has 1 aliphatic rings. The summed E-state index contributed by atoms with van der Waals surface area (Å²) in [4.78, 5) is 6.65. The Bertz CT molecular complexity index is 841. The zero-order chi connectivity index (χ0) is 21.0. The van der Waals surface area contributed by atoms with Gasteiger partial charge >= 0.3 is 6.18 Å². The highest BCUT2D eigenvalue weighted by molar-refractivity contribution is 14.0. The smallest absolute Gasteiger partial charge is 0.353 e. The summed E-state index contributed by atoms with van der Waals surface area (Å²) in [5, 5.41) is 11.7. The molecule has 30 heavy (non-hydrogen) atoms. The Morgan fingerprint density at radius 1 is 1.20 bits per heavy atom. The third-order valence-corrected chi connectivity index (χ3v) is 5.30. The molecule has 10 heteroatoms. The van der Waals surface area contributed by atoms with Crippen LogP contribution in [0.5, 0.6) is 0 Å². The van der Waals surface area contributed by atoms with Gasteiger partial charge in [-0.25, -0.2) is 4.99 Å². The molecule has 1 aliphatic carbocycles. The van der Waals surface area contributed by atoms with Gasteiger partial charge in [-0.1, -0.05) is 25.0 Å². The van der Waals surface area contributed by atoms with E-state index in [0.29, 0.717) is 19.1 Å². The van der Waals surface area contributed by atoms with Crippen molar-refractivity contribution < 1.29 is 13.2 Å². The number of aromatic nitrogens is 3. The van der Waals surface area contributed by atoms with Crippen LogP contribution in [0.4, 0.5) is 13.2 Å². The highest BCUT2D eigenvalue weighted by Crippen LogP contribution is 2.29. The molecular formula is C20H28F3IN6. The van der Waals surface area contributed by atoms with Gasteiger partial charge in [0.05, 0.1) is 5.56 Å². The van der Waals surface area contributed by atoms with E-state index in [4.69, 9.17) is 4.99 Å². The van der Waals surface area contributed by atoms with Crippen LogP contribution >= 0.6 is 24.0 Å². The number of halogens is 4. The predicted molar refractivity (Wildman–Crippen MR) is 121 cm³/mol. The maximum atomic E-state index is 12.8. The lowest BCUT2D eigenvalue weighted by Gasteiger charge is -2.25. The predicted octanol–water partition coefficient (Wildman–Crippen LogP) is 4.28. The summed E-state index contributed by atoms with van der Waals surface area (Å²) in [6, 6.07) is 5.63. The Kier molecular flexibility index (Phi) is 8.51. The Morgan fingerprint density at radius 2 is 1.83 bits per heavy atom. The van der Waals surface area contributed by atoms with E-state index in [1.807, 2.05) is 30.5 Å². The third-order valence-electron chi connectivity index (χ3n) is 5.30. The minimum absolute atomic E-state index is 0. The van der Waals surface area contributed by atoms with E-state index in [1.54, 1.807) is 0 Å². The summed E-state index contributed by atoms with van der Waals surface area (Å²) in [7, 11) is 3.79. The monoisotopic (exact) mass is 536 g/mol. The summed E-state index contributed by atoms with van der Waals surface area (Å²) < 4.78 is 40.2. The fourth-order valence-corrected chi connectivity index (χ4v) is 3.41. The van der Waals surface area contributed by atoms with E-state index in [2.05, 4.69) is 15.5 Å². The van der Waals surface area contributed by atoms with Gasteiger partial charge in [-0.15, -0.1) is 34.2 Å². The second-order valence-corrected chi connectivity index (χ2v) is 7.54. The van der Waals surface area contributed by atoms with Crippen LogP contribution in [0.3, 0.4) is 0 Å². The van der Waals surface area contributed by atoms with Crippen LogP contribution in [0, 0.1) is 6.92 Å². The molecule has 1 fully saturated rings. The van der Waals surface area contributed by atoms with Gasteiger partial charge in [0.15, 0.2) is 11.8 Å². The molecule has 0 bridgehead atoms. The van der Waals surface area contributed by atoms with E-state index in [0.717, 1.165) is 48.1 Å². The second kappa shape index (κ2) is 10.5. The molecule has 1 N–H and O–H groups in total. The molecule has 0 saturated heterocycles. The first-order chi connectivity index (χ1) is 13.7. The largest absolute Gasteiger partial charge is 0.416 e. The van der Waals surface area contributed by atoms with Crippen molar-refractivity contribution in [2.24, 2.45) is 12.0 Å². The number of hydrogen-bond acceptors (Lipinski definition) is 3. The van der Waals surface area contributed by atoms with E-state index in [9.17, 15) is 13.2 Å². The van der Waals surface area contributed by atoms with Crippen molar-refractivity contribution in [1.82, 2.24) is 25.0 Å². The summed E-state index contributed by atoms with van der Waals surface area (Å²) in [5.41, 5.74) is 0.149. The molecule has 1 aromatic carbocycles. The second-order valence-electron chi connectivity index (χ2n) is 7.54. The molecule has 166 valence electrons. The average Bonchev–Trinajstić information content (AvgIpc) is 3.29. The third kappa shape index (κ3) is 6.32. The number of aryl methyl sites for hydroxylation is 1. The van der Waals surface area contributed by atoms with Crippen molar-refractivity contribution in [2.45, 2.75) is 57.9 Å². The van der Waals surface area contributed by atoms with Crippen LogP contribution in [-0.2, 0) is 26.3 Å². The van der Waals surface area contributed by atoms with Crippen LogP contribution in [-0.4, -0.2) is 38.7 Å². The van der Waals surface area contributed by atoms with Crippen LogP contribution in [0.2, 0.25) is 0 Å². The minimum Gasteiger partial charge on any atom is -0.353 e. The molecule has 1 aromatic heterocycles. The first-order valence-electron chi connectivity index (χ1n) is 9.77. The first kappa shape index (κ1) is 24.4. The van der Waals surface area contributed by atoms with Gasteiger partial charge < -0.3 is 14.8 Å². The lowest BCUT2D eigenvalue weighted by atomic mass is 10.1. The van der Waals surface area contributed by atoms with Gasteiger partial charge in [0.2, 0.25) is 0 Å². The SMILES string of the molecule is Cc1nnc(CN=C(NC2CCCC2)N(C)Cc2ccc(C(F)(F)F)cc2)n1C.I. The van der Waals surface area contributed by atoms with Crippen molar-refractivity contribution in [3.8, 4) is 0 Å². The minimum atomic E-state index is -4.32. The molecule has 2 aromatic rings. The number of rotatable bonds is 5. The van der Waals surface area contributed by atoms with Gasteiger partial charge in [-0.05, 0) is 37.5 Å². The summed E-state index contributed by atoms with van der Waals surface area (Å²) in [5.74, 6) is 2.30. The van der Waals surface area contributed by atoms with E-state index < -0.39 is 11.7 Å². The maximum Gasteiger partial charge on any atom is 0.416 e. The first-order valence-corrected chi connectivity index (χ1v) is 9.77. The molecule has 1 heterocycles. The number of guanidine groups is 1. The average molecular weight is 536 g/mol. The van der Waals surface area contributed by atoms with Crippen molar-refractivity contribution in [3.05, 3.63) is 47.0 Å². The van der Waals surface area contributed by atoms with Crippen molar-refractivity contribution in [2.75, 3.05) is 7.05 Å². The molecule has 0 spiro atoms. The van der Waals surface area contributed by atoms with Gasteiger partial charge in [0.25, 0.3) is 0 Å². The quantitative estimate of drug-likeness (QED) is 0.352. The molecule has 6 nitrogen and oxygen atoms in total. The number of benzene rings is 1. The van der Waals surface area contributed by atoms with Crippen LogP contribution in [0.25, 0.3) is 0 Å². The normalized spacial score (nSPS) is 15.2. The van der Waals surface area contributed by atoms with Gasteiger partial charge in [-0.2, -0.15) is 13.2 Å². The van der Waals surface area contributed by atoms with E-state index >= 15 is 0 Å². The summed E-state index contributed by atoms with van der Waals surface area (Å²) >= 11 is 0. The highest BCUT2D eigenvalue weighted by atomic mass is 127. The molecule has 0 unspecified atom stereocenters. The van der Waals surface area contributed by atoms with Gasteiger partial charge in [0.1, 0.15) is 12.4 Å². The van der Waals surface area contributed by atoms with E-state index in [1.165, 1.54) is 25.0 Å². The number of alkyl halides is 3. The molecule has 3 rings (SSSR count). The number of nitrogens with zero attached hydrogens (tertiary/aromatic N) is 5. The molecule has 0 aliphatic heterocycles. The van der Waals surface area contributed by atoms with Crippen LogP contribution in [0.1, 0.15) is 48.5 Å². The Morgan fingerprint density at radius 3 is 2.37 bits per heavy atom. The number of hydrogen-bond donors (Lipinski definition) is 1. The zero-order valence-corrected chi connectivity index (χ0v) is 19.7. The van der Waals surface area contributed by atoms with Crippen molar-refractivity contribution in [1.29, 1.82) is 0 Å². The zero-order valence-electron chi connectivity index (χ0n) is 17.4. The summed E-state index contributed by atoms with van der Waals surface area (Å²) in [6.45, 7) is 2.72. The topological polar surface area (TPSA) is 58.3 Å². The lowest BCUT2D eigenvalue weighted by Crippen LogP contribution is -2.43. The molecule has 0 atom stereocenters.